The minimum Gasteiger partial charge on any atom is -0.378 e. The van der Waals surface area contributed by atoms with Crippen molar-refractivity contribution in [2.45, 2.75) is 39.2 Å². The second-order valence-electron chi connectivity index (χ2n) is 6.01. The Balaban J connectivity index is 2.47. The maximum atomic E-state index is 12.5. The molecule has 0 N–H and O–H groups in total. The Kier molecular flexibility index (Phi) is 4.03. The van der Waals surface area contributed by atoms with Crippen LogP contribution in [0.2, 0.25) is 0 Å². The van der Waals surface area contributed by atoms with Crippen molar-refractivity contribution in [1.82, 2.24) is 4.90 Å². The van der Waals surface area contributed by atoms with Gasteiger partial charge in [0.2, 0.25) is 5.91 Å². The lowest BCUT2D eigenvalue weighted by atomic mass is 9.75. The number of β-lactam (4-membered cyclic amide) rings is 1. The van der Waals surface area contributed by atoms with Crippen LogP contribution in [0, 0.1) is 17.8 Å². The first-order valence-corrected chi connectivity index (χ1v) is 8.31. The minimum atomic E-state index is -5.90. The zero-order valence-corrected chi connectivity index (χ0v) is 13.7. The van der Waals surface area contributed by atoms with Gasteiger partial charge >= 0.3 is 15.6 Å². The summed E-state index contributed by atoms with van der Waals surface area (Å²) in [6, 6.07) is -0.570. The molecular formula is C13H16F3NO5S. The fourth-order valence-corrected chi connectivity index (χ4v) is 3.68. The van der Waals surface area contributed by atoms with Gasteiger partial charge < -0.3 is 9.08 Å². The van der Waals surface area contributed by atoms with Crippen LogP contribution in [0.4, 0.5) is 13.2 Å². The van der Waals surface area contributed by atoms with Crippen molar-refractivity contribution in [2.75, 3.05) is 0 Å². The van der Waals surface area contributed by atoms with Crippen molar-refractivity contribution in [3.05, 3.63) is 11.5 Å². The molecule has 3 unspecified atom stereocenters. The first-order chi connectivity index (χ1) is 10.3. The molecule has 1 fully saturated rings. The third-order valence-electron chi connectivity index (χ3n) is 4.12. The van der Waals surface area contributed by atoms with E-state index >= 15 is 0 Å². The fourth-order valence-electron chi connectivity index (χ4n) is 3.12. The number of ketones is 1. The number of nitrogens with zero attached hydrogens (tertiary/aromatic N) is 1. The standard InChI is InChI=1S/C13H16F3NO5S/c1-5(2)8-9-6(3)11(22-23(20,21)13(14,15)16)10(7(4)18)17(9)12(8)19/h5-6,8-9H,1-4H3. The lowest BCUT2D eigenvalue weighted by Gasteiger charge is -2.47. The lowest BCUT2D eigenvalue weighted by molar-refractivity contribution is -0.157. The molecule has 0 aromatic carbocycles. The van der Waals surface area contributed by atoms with Crippen LogP contribution >= 0.6 is 0 Å². The SMILES string of the molecule is CC(=O)C1=C(OS(=O)(=O)C(F)(F)F)C(C)C2C(C(C)C)C(=O)N12. The quantitative estimate of drug-likeness (QED) is 0.436. The van der Waals surface area contributed by atoms with Gasteiger partial charge in [-0.05, 0) is 5.92 Å². The van der Waals surface area contributed by atoms with E-state index < -0.39 is 56.7 Å². The number of alkyl halides is 3. The largest absolute Gasteiger partial charge is 0.534 e. The second kappa shape index (κ2) is 5.22. The van der Waals surface area contributed by atoms with Crippen molar-refractivity contribution < 1.29 is 35.4 Å². The number of halogens is 3. The van der Waals surface area contributed by atoms with Crippen LogP contribution in [-0.4, -0.2) is 36.6 Å². The van der Waals surface area contributed by atoms with E-state index in [0.29, 0.717) is 0 Å². The molecule has 0 radical (unpaired) electrons. The number of hydrogen-bond donors (Lipinski definition) is 0. The summed E-state index contributed by atoms with van der Waals surface area (Å²) in [7, 11) is -5.90. The van der Waals surface area contributed by atoms with Crippen molar-refractivity contribution in [3.8, 4) is 0 Å². The van der Waals surface area contributed by atoms with Crippen LogP contribution in [-0.2, 0) is 23.9 Å². The zero-order valence-electron chi connectivity index (χ0n) is 12.8. The van der Waals surface area contributed by atoms with E-state index in [-0.39, 0.29) is 5.92 Å². The highest BCUT2D eigenvalue weighted by Crippen LogP contribution is 2.49. The Morgan fingerprint density at radius 1 is 1.30 bits per heavy atom. The Labute approximate surface area is 131 Å². The van der Waals surface area contributed by atoms with Gasteiger partial charge in [0.1, 0.15) is 5.70 Å². The molecule has 23 heavy (non-hydrogen) atoms. The number of allylic oxidation sites excluding steroid dienone is 1. The summed E-state index contributed by atoms with van der Waals surface area (Å²) in [4.78, 5) is 25.0. The van der Waals surface area contributed by atoms with E-state index in [1.54, 1.807) is 13.8 Å². The van der Waals surface area contributed by atoms with E-state index in [1.807, 2.05) is 0 Å². The van der Waals surface area contributed by atoms with Gasteiger partial charge in [-0.25, -0.2) is 0 Å². The number of carbonyl (C=O) groups excluding carboxylic acids is 2. The number of amides is 1. The molecule has 2 aliphatic rings. The summed E-state index contributed by atoms with van der Waals surface area (Å²) in [5.41, 5.74) is -6.02. The van der Waals surface area contributed by atoms with Crippen LogP contribution in [0.5, 0.6) is 0 Å². The summed E-state index contributed by atoms with van der Waals surface area (Å²) in [6.45, 7) is 6.03. The average molecular weight is 355 g/mol. The van der Waals surface area contributed by atoms with Gasteiger partial charge in [0.15, 0.2) is 11.5 Å². The van der Waals surface area contributed by atoms with Crippen LogP contribution in [0.1, 0.15) is 27.7 Å². The van der Waals surface area contributed by atoms with Gasteiger partial charge in [0.05, 0.1) is 12.0 Å². The number of Topliss-reactive ketones (excluding diaryl/α,β-unsaturated/α-hetero) is 1. The fraction of sp³-hybridized carbons (Fsp3) is 0.692. The molecule has 0 saturated carbocycles. The van der Waals surface area contributed by atoms with Gasteiger partial charge in [0, 0.05) is 12.8 Å². The molecule has 2 heterocycles. The molecule has 0 aromatic rings. The zero-order chi connectivity index (χ0) is 17.9. The average Bonchev–Trinajstić information content (AvgIpc) is 2.58. The van der Waals surface area contributed by atoms with Gasteiger partial charge in [0.25, 0.3) is 0 Å². The molecule has 10 heteroatoms. The predicted molar refractivity (Wildman–Crippen MR) is 71.9 cm³/mol. The Bertz CT molecular complexity index is 695. The monoisotopic (exact) mass is 355 g/mol. The molecule has 0 aromatic heterocycles. The second-order valence-corrected chi connectivity index (χ2v) is 7.55. The first kappa shape index (κ1) is 17.8. The highest BCUT2D eigenvalue weighted by molar-refractivity contribution is 7.87. The third kappa shape index (κ3) is 2.52. The maximum Gasteiger partial charge on any atom is 0.534 e. The smallest absolute Gasteiger partial charge is 0.378 e. The number of fused-ring (bicyclic) bond motifs is 1. The number of carbonyl (C=O) groups is 2. The van der Waals surface area contributed by atoms with E-state index in [9.17, 15) is 31.2 Å². The van der Waals surface area contributed by atoms with E-state index in [2.05, 4.69) is 4.18 Å². The van der Waals surface area contributed by atoms with Gasteiger partial charge in [-0.15, -0.1) is 0 Å². The van der Waals surface area contributed by atoms with E-state index in [1.165, 1.54) is 6.92 Å². The molecular weight excluding hydrogens is 339 g/mol. The highest BCUT2D eigenvalue weighted by Gasteiger charge is 2.61. The van der Waals surface area contributed by atoms with E-state index in [4.69, 9.17) is 0 Å². The Hall–Kier alpha value is -1.58. The Morgan fingerprint density at radius 3 is 2.22 bits per heavy atom. The maximum absolute atomic E-state index is 12.5. The summed E-state index contributed by atoms with van der Waals surface area (Å²) < 4.78 is 64.3. The Morgan fingerprint density at radius 2 is 1.83 bits per heavy atom. The minimum absolute atomic E-state index is 0.0991. The lowest BCUT2D eigenvalue weighted by Crippen LogP contribution is -2.61. The molecule has 0 bridgehead atoms. The van der Waals surface area contributed by atoms with Crippen molar-refractivity contribution in [2.24, 2.45) is 17.8 Å². The number of hydrogen-bond acceptors (Lipinski definition) is 5. The molecule has 3 atom stereocenters. The van der Waals surface area contributed by atoms with E-state index in [0.717, 1.165) is 11.8 Å². The van der Waals surface area contributed by atoms with Gasteiger partial charge in [-0.2, -0.15) is 21.6 Å². The van der Waals surface area contributed by atoms with Crippen molar-refractivity contribution >= 4 is 21.8 Å². The van der Waals surface area contributed by atoms with Crippen LogP contribution in [0.15, 0.2) is 11.5 Å². The molecule has 130 valence electrons. The molecule has 2 aliphatic heterocycles. The summed E-state index contributed by atoms with van der Waals surface area (Å²) in [5, 5.41) is 0. The predicted octanol–water partition coefficient (Wildman–Crippen LogP) is 1.79. The molecule has 6 nitrogen and oxygen atoms in total. The van der Waals surface area contributed by atoms with Crippen LogP contribution in [0.3, 0.4) is 0 Å². The van der Waals surface area contributed by atoms with Crippen molar-refractivity contribution in [3.63, 3.8) is 0 Å². The molecule has 0 spiro atoms. The number of rotatable bonds is 4. The van der Waals surface area contributed by atoms with Gasteiger partial charge in [-0.3, -0.25) is 9.59 Å². The molecule has 2 rings (SSSR count). The highest BCUT2D eigenvalue weighted by atomic mass is 32.2. The first-order valence-electron chi connectivity index (χ1n) is 6.90. The van der Waals surface area contributed by atoms with Crippen LogP contribution in [0.25, 0.3) is 0 Å². The summed E-state index contributed by atoms with van der Waals surface area (Å²) in [6.07, 6.45) is 0. The molecule has 1 saturated heterocycles. The van der Waals surface area contributed by atoms with Crippen LogP contribution < -0.4 is 0 Å². The summed E-state index contributed by atoms with van der Waals surface area (Å²) >= 11 is 0. The molecule has 0 aliphatic carbocycles. The normalized spacial score (nSPS) is 28.1. The molecule has 1 amide bonds. The summed E-state index contributed by atoms with van der Waals surface area (Å²) in [5.74, 6) is -3.16. The van der Waals surface area contributed by atoms with Crippen molar-refractivity contribution in [1.29, 1.82) is 0 Å². The third-order valence-corrected chi connectivity index (χ3v) is 5.09. The van der Waals surface area contributed by atoms with Gasteiger partial charge in [-0.1, -0.05) is 20.8 Å². The topological polar surface area (TPSA) is 80.8 Å².